The lowest BCUT2D eigenvalue weighted by atomic mass is 9.97. The molecule has 0 radical (unpaired) electrons. The average Bonchev–Trinajstić information content (AvgIpc) is 2.48. The summed E-state index contributed by atoms with van der Waals surface area (Å²) >= 11 is 2.41. The molecule has 0 saturated heterocycles. The fraction of sp³-hybridized carbons (Fsp3) is 0.714. The van der Waals surface area contributed by atoms with E-state index in [-0.39, 0.29) is 6.10 Å². The smallest absolute Gasteiger partial charge is 0.147 e. The van der Waals surface area contributed by atoms with E-state index in [4.69, 9.17) is 9.47 Å². The molecule has 0 spiro atoms. The summed E-state index contributed by atoms with van der Waals surface area (Å²) in [6.07, 6.45) is 6.61. The van der Waals surface area contributed by atoms with Gasteiger partial charge in [0.15, 0.2) is 0 Å². The van der Waals surface area contributed by atoms with Crippen LogP contribution in [0, 0.1) is 5.92 Å². The van der Waals surface area contributed by atoms with Crippen LogP contribution in [0.3, 0.4) is 0 Å². The first-order valence-electron chi connectivity index (χ1n) is 9.37. The number of rotatable bonds is 13. The summed E-state index contributed by atoms with van der Waals surface area (Å²) < 4.78 is 12.7. The van der Waals surface area contributed by atoms with E-state index >= 15 is 0 Å². The minimum Gasteiger partial charge on any atom is -0.356 e. The number of hydrogen-bond acceptors (Lipinski definition) is 2. The molecule has 0 N–H and O–H groups in total. The Bertz CT molecular complexity index is 449. The van der Waals surface area contributed by atoms with Crippen LogP contribution in [-0.2, 0) is 9.47 Å². The van der Waals surface area contributed by atoms with Crippen molar-refractivity contribution in [3.8, 4) is 0 Å². The summed E-state index contributed by atoms with van der Waals surface area (Å²) in [6.45, 7) is 21.2. The van der Waals surface area contributed by atoms with Gasteiger partial charge in [-0.15, -0.1) is 0 Å². The topological polar surface area (TPSA) is 18.5 Å². The highest BCUT2D eigenvalue weighted by Crippen LogP contribution is 2.19. The van der Waals surface area contributed by atoms with Crippen molar-refractivity contribution in [1.82, 2.24) is 0 Å². The second-order valence-corrected chi connectivity index (χ2v) is 14.7. The lowest BCUT2D eigenvalue weighted by molar-refractivity contribution is -0.0756. The van der Waals surface area contributed by atoms with Crippen molar-refractivity contribution in [3.63, 3.8) is 0 Å². The zero-order valence-electron chi connectivity index (χ0n) is 17.5. The first-order valence-corrected chi connectivity index (χ1v) is 14.6. The van der Waals surface area contributed by atoms with Gasteiger partial charge < -0.3 is 9.47 Å². The molecular weight excluding hydrogens is 439 g/mol. The van der Waals surface area contributed by atoms with Gasteiger partial charge in [0.2, 0.25) is 0 Å². The monoisotopic (exact) mass is 478 g/mol. The van der Waals surface area contributed by atoms with E-state index in [2.05, 4.69) is 88.7 Å². The van der Waals surface area contributed by atoms with Crippen LogP contribution >= 0.6 is 22.6 Å². The van der Waals surface area contributed by atoms with Gasteiger partial charge in [0, 0.05) is 19.1 Å². The van der Waals surface area contributed by atoms with Crippen LogP contribution in [-0.4, -0.2) is 32.0 Å². The molecule has 0 heterocycles. The molecule has 0 aromatic carbocycles. The zero-order valence-corrected chi connectivity index (χ0v) is 20.6. The summed E-state index contributed by atoms with van der Waals surface area (Å²) in [5, 5.41) is 0. The highest BCUT2D eigenvalue weighted by Gasteiger charge is 2.13. The summed E-state index contributed by atoms with van der Waals surface area (Å²) in [5.74, 6) is 0.525. The van der Waals surface area contributed by atoms with Crippen molar-refractivity contribution in [2.45, 2.75) is 72.3 Å². The molecule has 4 heteroatoms. The lowest BCUT2D eigenvalue weighted by Gasteiger charge is -2.19. The Morgan fingerprint density at radius 1 is 1.24 bits per heavy atom. The Morgan fingerprint density at radius 2 is 1.88 bits per heavy atom. The molecule has 0 rings (SSSR count). The molecule has 0 aromatic heterocycles. The third kappa shape index (κ3) is 13.9. The summed E-state index contributed by atoms with van der Waals surface area (Å²) in [5.41, 5.74) is 3.85. The van der Waals surface area contributed by atoms with E-state index in [1.54, 1.807) is 0 Å². The Labute approximate surface area is 171 Å². The van der Waals surface area contributed by atoms with E-state index in [0.717, 1.165) is 23.9 Å². The van der Waals surface area contributed by atoms with Crippen LogP contribution in [0.2, 0.25) is 25.7 Å². The molecule has 0 bridgehead atoms. The summed E-state index contributed by atoms with van der Waals surface area (Å²) in [4.78, 5) is 0. The maximum absolute atomic E-state index is 5.93. The fourth-order valence-electron chi connectivity index (χ4n) is 2.62. The number of allylic oxidation sites excluding steroid dienone is 4. The molecule has 0 aliphatic carbocycles. The van der Waals surface area contributed by atoms with Gasteiger partial charge in [0.25, 0.3) is 0 Å². The van der Waals surface area contributed by atoms with Crippen LogP contribution in [0.5, 0.6) is 0 Å². The van der Waals surface area contributed by atoms with Gasteiger partial charge in [-0.25, -0.2) is 0 Å². The summed E-state index contributed by atoms with van der Waals surface area (Å²) in [6, 6.07) is 1.18. The largest absolute Gasteiger partial charge is 0.356 e. The number of hydrogen-bond donors (Lipinski definition) is 0. The van der Waals surface area contributed by atoms with Gasteiger partial charge in [-0.2, -0.15) is 0 Å². The lowest BCUT2D eigenvalue weighted by Crippen LogP contribution is -2.23. The van der Waals surface area contributed by atoms with Crippen molar-refractivity contribution < 1.29 is 9.47 Å². The second kappa shape index (κ2) is 13.3. The quantitative estimate of drug-likeness (QED) is 0.0540. The van der Waals surface area contributed by atoms with Gasteiger partial charge >= 0.3 is 0 Å². The summed E-state index contributed by atoms with van der Waals surface area (Å²) in [7, 11) is -1.03. The molecular formula is C21H39IO2Si. The van der Waals surface area contributed by atoms with Crippen molar-refractivity contribution in [1.29, 1.82) is 0 Å². The SMILES string of the molecule is C=C(/C=C(\C)[C@H](CC)OCOCC[Si](C)(C)C)C[C@H](C)/C=C(\C)CI. The van der Waals surface area contributed by atoms with Crippen molar-refractivity contribution in [2.75, 3.05) is 17.8 Å². The van der Waals surface area contributed by atoms with Crippen LogP contribution in [0.15, 0.2) is 35.5 Å². The van der Waals surface area contributed by atoms with Gasteiger partial charge in [0.1, 0.15) is 6.79 Å². The molecule has 0 aliphatic heterocycles. The van der Waals surface area contributed by atoms with E-state index in [9.17, 15) is 0 Å². The Kier molecular flexibility index (Phi) is 13.3. The molecule has 2 nitrogen and oxygen atoms in total. The van der Waals surface area contributed by atoms with Crippen molar-refractivity contribution in [3.05, 3.63) is 35.5 Å². The van der Waals surface area contributed by atoms with Gasteiger partial charge in [-0.3, -0.25) is 0 Å². The van der Waals surface area contributed by atoms with Crippen LogP contribution in [0.4, 0.5) is 0 Å². The molecule has 0 saturated carbocycles. The fourth-order valence-corrected chi connectivity index (χ4v) is 3.63. The first-order chi connectivity index (χ1) is 11.6. The third-order valence-electron chi connectivity index (χ3n) is 4.02. The molecule has 0 aliphatic rings. The van der Waals surface area contributed by atoms with Crippen molar-refractivity contribution in [2.24, 2.45) is 5.92 Å². The highest BCUT2D eigenvalue weighted by atomic mass is 127. The molecule has 0 fully saturated rings. The Balaban J connectivity index is 4.38. The molecule has 2 atom stereocenters. The van der Waals surface area contributed by atoms with Gasteiger partial charge in [-0.05, 0) is 44.2 Å². The molecule has 146 valence electrons. The maximum atomic E-state index is 5.93. The predicted octanol–water partition coefficient (Wildman–Crippen LogP) is 7.00. The number of alkyl halides is 1. The zero-order chi connectivity index (χ0) is 19.5. The van der Waals surface area contributed by atoms with E-state index < -0.39 is 8.07 Å². The normalized spacial score (nSPS) is 16.0. The first kappa shape index (κ1) is 25.1. The molecule has 0 aromatic rings. The molecule has 25 heavy (non-hydrogen) atoms. The Hall–Kier alpha value is 0.0869. The van der Waals surface area contributed by atoms with E-state index in [1.807, 2.05) is 0 Å². The van der Waals surface area contributed by atoms with Crippen LogP contribution < -0.4 is 0 Å². The van der Waals surface area contributed by atoms with Crippen LogP contribution in [0.1, 0.15) is 40.5 Å². The maximum Gasteiger partial charge on any atom is 0.147 e. The highest BCUT2D eigenvalue weighted by molar-refractivity contribution is 14.1. The van der Waals surface area contributed by atoms with Gasteiger partial charge in [-0.1, -0.05) is 86.0 Å². The third-order valence-corrected chi connectivity index (χ3v) is 6.93. The van der Waals surface area contributed by atoms with Crippen LogP contribution in [0.25, 0.3) is 0 Å². The second-order valence-electron chi connectivity index (χ2n) is 8.27. The Morgan fingerprint density at radius 3 is 2.40 bits per heavy atom. The minimum atomic E-state index is -1.03. The predicted molar refractivity (Wildman–Crippen MR) is 123 cm³/mol. The number of ether oxygens (including phenoxy) is 2. The molecule has 0 unspecified atom stereocenters. The molecule has 0 amide bonds. The minimum absolute atomic E-state index is 0.116. The van der Waals surface area contributed by atoms with E-state index in [0.29, 0.717) is 12.7 Å². The van der Waals surface area contributed by atoms with E-state index in [1.165, 1.54) is 22.8 Å². The van der Waals surface area contributed by atoms with Gasteiger partial charge in [0.05, 0.1) is 6.10 Å². The van der Waals surface area contributed by atoms with Crippen molar-refractivity contribution >= 4 is 30.7 Å². The average molecular weight is 479 g/mol. The standard InChI is InChI=1S/C21H39IO2Si/c1-9-21(24-16-23-10-11-25(6,7)8)20(5)14-18(3)12-17(2)13-19(4)15-22/h13-14,17,21H,3,9-12,15-16H2,1-2,4-8H3/b19-13+,20-14+/t17-,21-/m0/s1. The number of halogens is 1.